The fourth-order valence-electron chi connectivity index (χ4n) is 3.23. The normalized spacial score (nSPS) is 13.5. The molecule has 1 heterocycles. The summed E-state index contributed by atoms with van der Waals surface area (Å²) in [6.07, 6.45) is 1.66. The van der Waals surface area contributed by atoms with E-state index < -0.39 is 6.10 Å². The van der Waals surface area contributed by atoms with Crippen molar-refractivity contribution in [1.29, 1.82) is 0 Å². The lowest BCUT2D eigenvalue weighted by molar-refractivity contribution is 0.130. The predicted molar refractivity (Wildman–Crippen MR) is 103 cm³/mol. The van der Waals surface area contributed by atoms with Gasteiger partial charge in [-0.05, 0) is 30.7 Å². The molecule has 0 aliphatic heterocycles. The van der Waals surface area contributed by atoms with E-state index in [4.69, 9.17) is 0 Å². The van der Waals surface area contributed by atoms with Gasteiger partial charge in [0.25, 0.3) is 0 Å². The summed E-state index contributed by atoms with van der Waals surface area (Å²) in [7, 11) is 0. The number of aliphatic hydroxyl groups excluding tert-OH is 1. The molecule has 128 valence electrons. The second-order valence-corrected chi connectivity index (χ2v) is 5.97. The lowest BCUT2D eigenvalue weighted by Crippen LogP contribution is -2.34. The predicted octanol–water partition coefficient (Wildman–Crippen LogP) is 3.93. The highest BCUT2D eigenvalue weighted by Crippen LogP contribution is 2.30. The maximum Gasteiger partial charge on any atom is 0.0912 e. The minimum Gasteiger partial charge on any atom is -0.389 e. The largest absolute Gasteiger partial charge is 0.389 e. The summed E-state index contributed by atoms with van der Waals surface area (Å²) >= 11 is 0. The number of rotatable bonds is 6. The van der Waals surface area contributed by atoms with E-state index in [0.29, 0.717) is 6.54 Å². The summed E-state index contributed by atoms with van der Waals surface area (Å²) < 4.78 is 2.21. The first-order valence-electron chi connectivity index (χ1n) is 8.22. The molecule has 0 aliphatic carbocycles. The van der Waals surface area contributed by atoms with Crippen molar-refractivity contribution in [2.45, 2.75) is 26.0 Å². The minimum atomic E-state index is -0.493. The second kappa shape index (κ2) is 8.34. The van der Waals surface area contributed by atoms with Crippen LogP contribution in [0.2, 0.25) is 0 Å². The van der Waals surface area contributed by atoms with Crippen LogP contribution in [0.15, 0.2) is 60.8 Å². The van der Waals surface area contributed by atoms with Crippen molar-refractivity contribution in [3.8, 4) is 0 Å². The van der Waals surface area contributed by atoms with Crippen LogP contribution in [-0.2, 0) is 0 Å². The Bertz CT molecular complexity index is 770. The highest BCUT2D eigenvalue weighted by atomic mass is 35.5. The number of halogens is 1. The molecule has 3 rings (SSSR count). The van der Waals surface area contributed by atoms with E-state index >= 15 is 0 Å². The Kier molecular flexibility index (Phi) is 6.44. The van der Waals surface area contributed by atoms with Gasteiger partial charge < -0.3 is 15.0 Å². The van der Waals surface area contributed by atoms with Gasteiger partial charge in [-0.2, -0.15) is 0 Å². The van der Waals surface area contributed by atoms with E-state index in [-0.39, 0.29) is 18.4 Å². The molecule has 0 saturated heterocycles. The monoisotopic (exact) mass is 344 g/mol. The molecule has 0 aliphatic rings. The average molecular weight is 345 g/mol. The quantitative estimate of drug-likeness (QED) is 0.711. The highest BCUT2D eigenvalue weighted by molar-refractivity contribution is 5.85. The van der Waals surface area contributed by atoms with E-state index in [0.717, 1.165) is 17.6 Å². The van der Waals surface area contributed by atoms with Gasteiger partial charge in [0.05, 0.1) is 12.1 Å². The Morgan fingerprint density at radius 3 is 2.42 bits per heavy atom. The third kappa shape index (κ3) is 3.64. The molecule has 0 amide bonds. The number of hydrogen-bond donors (Lipinski definition) is 2. The molecule has 3 aromatic rings. The van der Waals surface area contributed by atoms with Gasteiger partial charge in [0, 0.05) is 23.6 Å². The summed E-state index contributed by atoms with van der Waals surface area (Å²) in [5.74, 6) is 0. The van der Waals surface area contributed by atoms with Gasteiger partial charge in [-0.25, -0.2) is 0 Å². The van der Waals surface area contributed by atoms with E-state index in [1.54, 1.807) is 0 Å². The van der Waals surface area contributed by atoms with Gasteiger partial charge in [-0.3, -0.25) is 0 Å². The van der Waals surface area contributed by atoms with Crippen LogP contribution in [0.25, 0.3) is 10.9 Å². The Morgan fingerprint density at radius 2 is 1.71 bits per heavy atom. The van der Waals surface area contributed by atoms with Crippen molar-refractivity contribution in [3.63, 3.8) is 0 Å². The zero-order chi connectivity index (χ0) is 16.2. The first kappa shape index (κ1) is 18.5. The average Bonchev–Trinajstić information content (AvgIpc) is 2.91. The molecule has 0 bridgehead atoms. The third-order valence-electron chi connectivity index (χ3n) is 4.35. The fraction of sp³-hybridized carbons (Fsp3) is 0.300. The first-order valence-corrected chi connectivity index (χ1v) is 8.22. The highest BCUT2D eigenvalue weighted by Gasteiger charge is 2.24. The zero-order valence-electron chi connectivity index (χ0n) is 14.1. The fourth-order valence-corrected chi connectivity index (χ4v) is 3.23. The molecule has 24 heavy (non-hydrogen) atoms. The molecule has 0 fully saturated rings. The molecule has 0 spiro atoms. The standard InChI is InChI=1S/C20H24N2O.ClH/c1-3-21-13-19(23)20(16-9-5-4-6-10-16)22-14-15(2)17-11-7-8-12-18(17)22;/h4-12,14,19-21,23H,3,13H2,1-2H3;1H. The molecule has 2 N–H and O–H groups in total. The number of nitrogens with zero attached hydrogens (tertiary/aromatic N) is 1. The molecule has 4 heteroatoms. The molecule has 2 unspecified atom stereocenters. The van der Waals surface area contributed by atoms with Crippen molar-refractivity contribution in [2.75, 3.05) is 13.1 Å². The van der Waals surface area contributed by atoms with Crippen molar-refractivity contribution in [2.24, 2.45) is 0 Å². The molecular weight excluding hydrogens is 320 g/mol. The lowest BCUT2D eigenvalue weighted by Gasteiger charge is -2.26. The summed E-state index contributed by atoms with van der Waals surface area (Å²) in [4.78, 5) is 0. The molecule has 3 nitrogen and oxygen atoms in total. The van der Waals surface area contributed by atoms with Crippen LogP contribution in [0.4, 0.5) is 0 Å². The van der Waals surface area contributed by atoms with Gasteiger partial charge in [0.1, 0.15) is 0 Å². The van der Waals surface area contributed by atoms with Crippen molar-refractivity contribution in [3.05, 3.63) is 71.9 Å². The maximum absolute atomic E-state index is 10.8. The van der Waals surface area contributed by atoms with Crippen LogP contribution in [-0.4, -0.2) is 28.9 Å². The number of aryl methyl sites for hydroxylation is 1. The van der Waals surface area contributed by atoms with Crippen LogP contribution in [0, 0.1) is 6.92 Å². The van der Waals surface area contributed by atoms with Gasteiger partial charge in [-0.15, -0.1) is 12.4 Å². The van der Waals surface area contributed by atoms with E-state index in [1.807, 2.05) is 18.2 Å². The van der Waals surface area contributed by atoms with Crippen molar-refractivity contribution in [1.82, 2.24) is 9.88 Å². The van der Waals surface area contributed by atoms with Crippen LogP contribution in [0.3, 0.4) is 0 Å². The zero-order valence-corrected chi connectivity index (χ0v) is 15.0. The molecule has 1 aromatic heterocycles. The molecule has 2 aromatic carbocycles. The SMILES string of the molecule is CCNCC(O)C(c1ccccc1)n1cc(C)c2ccccc21.Cl. The Labute approximate surface area is 149 Å². The molecule has 2 atom stereocenters. The summed E-state index contributed by atoms with van der Waals surface area (Å²) in [5.41, 5.74) is 3.52. The van der Waals surface area contributed by atoms with Crippen LogP contribution < -0.4 is 5.32 Å². The summed E-state index contributed by atoms with van der Waals surface area (Å²) in [6, 6.07) is 18.5. The lowest BCUT2D eigenvalue weighted by atomic mass is 10.0. The first-order chi connectivity index (χ1) is 11.2. The Balaban J connectivity index is 0.00000208. The molecule has 0 radical (unpaired) electrons. The molecular formula is C20H25ClN2O. The van der Waals surface area contributed by atoms with Crippen LogP contribution in [0.5, 0.6) is 0 Å². The van der Waals surface area contributed by atoms with Crippen molar-refractivity contribution < 1.29 is 5.11 Å². The Morgan fingerprint density at radius 1 is 1.04 bits per heavy atom. The van der Waals surface area contributed by atoms with Gasteiger partial charge in [0.15, 0.2) is 0 Å². The number of aliphatic hydroxyl groups is 1. The van der Waals surface area contributed by atoms with Gasteiger partial charge >= 0.3 is 0 Å². The number of para-hydroxylation sites is 1. The number of nitrogens with one attached hydrogen (secondary N) is 1. The number of hydrogen-bond acceptors (Lipinski definition) is 2. The summed E-state index contributed by atoms with van der Waals surface area (Å²) in [6.45, 7) is 5.60. The van der Waals surface area contributed by atoms with Gasteiger partial charge in [-0.1, -0.05) is 55.5 Å². The maximum atomic E-state index is 10.8. The van der Waals surface area contributed by atoms with Gasteiger partial charge in [0.2, 0.25) is 0 Å². The third-order valence-corrected chi connectivity index (χ3v) is 4.35. The summed E-state index contributed by atoms with van der Waals surface area (Å²) in [5, 5.41) is 15.3. The Hall–Kier alpha value is -1.81. The number of aromatic nitrogens is 1. The molecule has 0 saturated carbocycles. The van der Waals surface area contributed by atoms with E-state index in [1.165, 1.54) is 10.9 Å². The van der Waals surface area contributed by atoms with E-state index in [9.17, 15) is 5.11 Å². The second-order valence-electron chi connectivity index (χ2n) is 5.97. The van der Waals surface area contributed by atoms with Crippen molar-refractivity contribution >= 4 is 23.3 Å². The number of likely N-dealkylation sites (N-methyl/N-ethyl adjacent to an activating group) is 1. The number of fused-ring (bicyclic) bond motifs is 1. The van der Waals surface area contributed by atoms with E-state index in [2.05, 4.69) is 66.3 Å². The number of benzene rings is 2. The topological polar surface area (TPSA) is 37.2 Å². The van der Waals surface area contributed by atoms with Crippen LogP contribution in [0.1, 0.15) is 24.1 Å². The minimum absolute atomic E-state index is 0. The van der Waals surface area contributed by atoms with Crippen LogP contribution >= 0.6 is 12.4 Å². The smallest absolute Gasteiger partial charge is 0.0912 e.